The zero-order chi connectivity index (χ0) is 18.6. The van der Waals surface area contributed by atoms with Crippen molar-refractivity contribution in [3.63, 3.8) is 0 Å². The summed E-state index contributed by atoms with van der Waals surface area (Å²) < 4.78 is 13.0. The maximum absolute atomic E-state index is 13.0. The number of nitrogens with zero attached hydrogens (tertiary/aromatic N) is 2. The lowest BCUT2D eigenvalue weighted by atomic mass is 9.83. The van der Waals surface area contributed by atoms with E-state index in [0.717, 1.165) is 37.9 Å². The molecular formula is C22H23FN2O2. The van der Waals surface area contributed by atoms with Gasteiger partial charge in [0.15, 0.2) is 0 Å². The zero-order valence-electron chi connectivity index (χ0n) is 15.2. The van der Waals surface area contributed by atoms with E-state index in [9.17, 15) is 9.18 Å². The molecule has 5 heteroatoms. The van der Waals surface area contributed by atoms with E-state index in [1.54, 1.807) is 0 Å². The van der Waals surface area contributed by atoms with Gasteiger partial charge in [-0.3, -0.25) is 4.90 Å². The lowest BCUT2D eigenvalue weighted by Gasteiger charge is -2.46. The van der Waals surface area contributed by atoms with Crippen LogP contribution in [0.15, 0.2) is 59.8 Å². The molecular weight excluding hydrogens is 343 g/mol. The van der Waals surface area contributed by atoms with Crippen LogP contribution in [0.1, 0.15) is 48.0 Å². The van der Waals surface area contributed by atoms with Gasteiger partial charge in [0, 0.05) is 31.5 Å². The first kappa shape index (κ1) is 17.9. The number of carbonyl (C=O) groups excluding carboxylic acids is 1. The fourth-order valence-corrected chi connectivity index (χ4v) is 4.16. The van der Waals surface area contributed by atoms with Crippen LogP contribution < -0.4 is 0 Å². The first-order chi connectivity index (χ1) is 13.2. The van der Waals surface area contributed by atoms with Crippen molar-refractivity contribution in [2.45, 2.75) is 50.7 Å². The lowest BCUT2D eigenvalue weighted by molar-refractivity contribution is 0.0476. The fraction of sp³-hybridized carbons (Fsp3) is 0.364. The van der Waals surface area contributed by atoms with Crippen LogP contribution in [0.2, 0.25) is 0 Å². The third-order valence-electron chi connectivity index (χ3n) is 5.50. The van der Waals surface area contributed by atoms with E-state index in [1.807, 2.05) is 6.07 Å². The molecule has 0 saturated carbocycles. The van der Waals surface area contributed by atoms with Gasteiger partial charge in [-0.1, -0.05) is 41.9 Å². The minimum atomic E-state index is -0.542. The molecule has 140 valence electrons. The first-order valence-electron chi connectivity index (χ1n) is 9.51. The summed E-state index contributed by atoms with van der Waals surface area (Å²) in [7, 11) is 0. The summed E-state index contributed by atoms with van der Waals surface area (Å²) in [6.45, 7) is 0.957. The van der Waals surface area contributed by atoms with Gasteiger partial charge in [0.05, 0.1) is 11.3 Å². The molecule has 2 aliphatic heterocycles. The van der Waals surface area contributed by atoms with Crippen molar-refractivity contribution < 1.29 is 14.0 Å². The molecule has 0 unspecified atom stereocenters. The second-order valence-electron chi connectivity index (χ2n) is 7.35. The van der Waals surface area contributed by atoms with Crippen LogP contribution in [-0.4, -0.2) is 28.7 Å². The molecule has 2 atom stereocenters. The average Bonchev–Trinajstić information content (AvgIpc) is 2.68. The Balaban J connectivity index is 1.41. The number of hydrogen-bond acceptors (Lipinski definition) is 4. The molecule has 4 rings (SSSR count). The van der Waals surface area contributed by atoms with Crippen LogP contribution in [0.25, 0.3) is 0 Å². The van der Waals surface area contributed by atoms with Crippen molar-refractivity contribution in [2.24, 2.45) is 5.16 Å². The predicted molar refractivity (Wildman–Crippen MR) is 102 cm³/mol. The molecule has 4 nitrogen and oxygen atoms in total. The Morgan fingerprint density at radius 1 is 1.04 bits per heavy atom. The number of benzene rings is 2. The highest BCUT2D eigenvalue weighted by Gasteiger charge is 2.36. The Kier molecular flexibility index (Phi) is 5.30. The Bertz CT molecular complexity index is 804. The third-order valence-corrected chi connectivity index (χ3v) is 5.50. The largest absolute Gasteiger partial charge is 0.365 e. The van der Waals surface area contributed by atoms with Crippen molar-refractivity contribution >= 4 is 11.7 Å². The summed E-state index contributed by atoms with van der Waals surface area (Å²) in [6, 6.07) is 16.8. The molecule has 2 aliphatic rings. The molecule has 27 heavy (non-hydrogen) atoms. The van der Waals surface area contributed by atoms with Crippen molar-refractivity contribution in [3.8, 4) is 0 Å². The number of carbonyl (C=O) groups is 1. The number of fused-ring (bicyclic) bond motifs is 2. The standard InChI is InChI=1S/C22H23FN2O2/c23-18-11-9-17(10-12-18)22(26)27-24-19-13-20-7-4-8-21(14-19)25(20)15-16-5-2-1-3-6-16/h1-3,5-6,9-12,20-21H,4,7-8,13-15H2/t20-,21+. The van der Waals surface area contributed by atoms with E-state index < -0.39 is 5.97 Å². The van der Waals surface area contributed by atoms with Gasteiger partial charge in [0.1, 0.15) is 5.82 Å². The van der Waals surface area contributed by atoms with Crippen LogP contribution in [0.3, 0.4) is 0 Å². The van der Waals surface area contributed by atoms with Crippen LogP contribution in [0.4, 0.5) is 4.39 Å². The highest BCUT2D eigenvalue weighted by molar-refractivity contribution is 5.91. The van der Waals surface area contributed by atoms with E-state index in [0.29, 0.717) is 17.6 Å². The van der Waals surface area contributed by atoms with Crippen molar-refractivity contribution in [1.29, 1.82) is 0 Å². The molecule has 0 amide bonds. The topological polar surface area (TPSA) is 41.9 Å². The summed E-state index contributed by atoms with van der Waals surface area (Å²) in [5.74, 6) is -0.921. The highest BCUT2D eigenvalue weighted by atomic mass is 19.1. The Morgan fingerprint density at radius 3 is 2.37 bits per heavy atom. The van der Waals surface area contributed by atoms with Gasteiger partial charge in [-0.05, 0) is 42.7 Å². The van der Waals surface area contributed by atoms with Crippen molar-refractivity contribution in [3.05, 3.63) is 71.5 Å². The fourth-order valence-electron chi connectivity index (χ4n) is 4.16. The molecule has 2 bridgehead atoms. The Labute approximate surface area is 158 Å². The maximum Gasteiger partial charge on any atom is 0.365 e. The molecule has 2 aromatic rings. The summed E-state index contributed by atoms with van der Waals surface area (Å²) in [4.78, 5) is 19.8. The molecule has 2 heterocycles. The van der Waals surface area contributed by atoms with E-state index in [-0.39, 0.29) is 5.82 Å². The second-order valence-corrected chi connectivity index (χ2v) is 7.35. The van der Waals surface area contributed by atoms with Gasteiger partial charge in [0.2, 0.25) is 0 Å². The van der Waals surface area contributed by atoms with E-state index in [1.165, 1.54) is 36.2 Å². The Hall–Kier alpha value is -2.53. The summed E-state index contributed by atoms with van der Waals surface area (Å²) in [6.07, 6.45) is 5.20. The molecule has 0 spiro atoms. The Morgan fingerprint density at radius 2 is 1.70 bits per heavy atom. The number of halogens is 1. The number of rotatable bonds is 4. The number of oxime groups is 1. The normalized spacial score (nSPS) is 24.0. The molecule has 2 saturated heterocycles. The second kappa shape index (κ2) is 8.01. The molecule has 0 aliphatic carbocycles. The van der Waals surface area contributed by atoms with Crippen LogP contribution in [0.5, 0.6) is 0 Å². The minimum absolute atomic E-state index is 0.308. The van der Waals surface area contributed by atoms with Gasteiger partial charge >= 0.3 is 5.97 Å². The molecule has 0 radical (unpaired) electrons. The van der Waals surface area contributed by atoms with Crippen molar-refractivity contribution in [2.75, 3.05) is 0 Å². The van der Waals surface area contributed by atoms with Gasteiger partial charge in [-0.2, -0.15) is 0 Å². The minimum Gasteiger partial charge on any atom is -0.313 e. The van der Waals surface area contributed by atoms with Gasteiger partial charge in [-0.15, -0.1) is 0 Å². The van der Waals surface area contributed by atoms with Gasteiger partial charge in [0.25, 0.3) is 0 Å². The quantitative estimate of drug-likeness (QED) is 0.589. The van der Waals surface area contributed by atoms with E-state index in [4.69, 9.17) is 4.84 Å². The summed E-state index contributed by atoms with van der Waals surface area (Å²) in [5.41, 5.74) is 2.59. The molecule has 0 N–H and O–H groups in total. The molecule has 0 aromatic heterocycles. The van der Waals surface area contributed by atoms with Gasteiger partial charge < -0.3 is 4.84 Å². The average molecular weight is 366 g/mol. The van der Waals surface area contributed by atoms with E-state index >= 15 is 0 Å². The third kappa shape index (κ3) is 4.25. The monoisotopic (exact) mass is 366 g/mol. The number of hydrogen-bond donors (Lipinski definition) is 0. The molecule has 2 fully saturated rings. The first-order valence-corrected chi connectivity index (χ1v) is 9.51. The maximum atomic E-state index is 13.0. The highest BCUT2D eigenvalue weighted by Crippen LogP contribution is 2.34. The van der Waals surface area contributed by atoms with Crippen LogP contribution in [0, 0.1) is 5.82 Å². The van der Waals surface area contributed by atoms with E-state index in [2.05, 4.69) is 34.3 Å². The number of piperidine rings is 2. The lowest BCUT2D eigenvalue weighted by Crippen LogP contribution is -2.51. The van der Waals surface area contributed by atoms with Gasteiger partial charge in [-0.25, -0.2) is 9.18 Å². The van der Waals surface area contributed by atoms with Crippen LogP contribution >= 0.6 is 0 Å². The molecule has 2 aromatic carbocycles. The zero-order valence-corrected chi connectivity index (χ0v) is 15.2. The SMILES string of the molecule is O=C(ON=C1C[C@H]2CCC[C@@H](C1)N2Cc1ccccc1)c1ccc(F)cc1. The van der Waals surface area contributed by atoms with Crippen LogP contribution in [-0.2, 0) is 11.4 Å². The predicted octanol–water partition coefficient (Wildman–Crippen LogP) is 4.56. The van der Waals surface area contributed by atoms with Crippen molar-refractivity contribution in [1.82, 2.24) is 4.90 Å². The summed E-state index contributed by atoms with van der Waals surface area (Å²) in [5, 5.41) is 4.15. The summed E-state index contributed by atoms with van der Waals surface area (Å²) >= 11 is 0. The smallest absolute Gasteiger partial charge is 0.313 e.